The van der Waals surface area contributed by atoms with Crippen LogP contribution in [0.4, 0.5) is 0 Å². The highest BCUT2D eigenvalue weighted by Crippen LogP contribution is 2.35. The van der Waals surface area contributed by atoms with E-state index in [0.717, 1.165) is 51.4 Å². The third-order valence-electron chi connectivity index (χ3n) is 7.72. The van der Waals surface area contributed by atoms with Crippen molar-refractivity contribution in [3.63, 3.8) is 0 Å². The minimum absolute atomic E-state index is 0.0628. The first-order valence-electron chi connectivity index (χ1n) is 16.0. The summed E-state index contributed by atoms with van der Waals surface area (Å²) in [4.78, 5) is 42.0. The van der Waals surface area contributed by atoms with Gasteiger partial charge in [-0.15, -0.1) is 0 Å². The molecule has 8 heteroatoms. The van der Waals surface area contributed by atoms with Crippen molar-refractivity contribution in [2.24, 2.45) is 5.41 Å². The van der Waals surface area contributed by atoms with Crippen LogP contribution in [0.5, 0.6) is 0 Å². The van der Waals surface area contributed by atoms with Crippen LogP contribution in [-0.2, 0) is 19.2 Å². The molecule has 0 bridgehead atoms. The topological polar surface area (TPSA) is 149 Å². The van der Waals surface area contributed by atoms with Crippen LogP contribution in [0.2, 0.25) is 0 Å². The van der Waals surface area contributed by atoms with Gasteiger partial charge in [-0.2, -0.15) is 0 Å². The summed E-state index contributed by atoms with van der Waals surface area (Å²) in [7, 11) is 0. The SMILES string of the molecule is CCCCC(CC)(CCCCCCCCCCCCCCCCCC(=O)O)C(=O)O.O=C(O)CCCCC(=O)O. The highest BCUT2D eigenvalue weighted by atomic mass is 16.4. The number of rotatable bonds is 28. The highest BCUT2D eigenvalue weighted by Gasteiger charge is 2.35. The van der Waals surface area contributed by atoms with Gasteiger partial charge in [-0.05, 0) is 38.5 Å². The summed E-state index contributed by atoms with van der Waals surface area (Å²) in [6, 6.07) is 0. The molecule has 1 atom stereocenters. The van der Waals surface area contributed by atoms with Crippen LogP contribution in [0.3, 0.4) is 0 Å². The largest absolute Gasteiger partial charge is 0.481 e. The van der Waals surface area contributed by atoms with Crippen molar-refractivity contribution in [1.82, 2.24) is 0 Å². The molecule has 8 nitrogen and oxygen atoms in total. The van der Waals surface area contributed by atoms with E-state index in [2.05, 4.69) is 6.92 Å². The van der Waals surface area contributed by atoms with Crippen molar-refractivity contribution in [3.8, 4) is 0 Å². The Morgan fingerprint density at radius 3 is 0.975 bits per heavy atom. The Bertz CT molecular complexity index is 633. The van der Waals surface area contributed by atoms with Gasteiger partial charge in [0.15, 0.2) is 0 Å². The van der Waals surface area contributed by atoms with Gasteiger partial charge >= 0.3 is 23.9 Å². The number of carboxylic acids is 4. The molecule has 0 spiro atoms. The van der Waals surface area contributed by atoms with E-state index in [0.29, 0.717) is 19.3 Å². The van der Waals surface area contributed by atoms with Crippen molar-refractivity contribution < 1.29 is 39.6 Å². The minimum Gasteiger partial charge on any atom is -0.481 e. The lowest BCUT2D eigenvalue weighted by Crippen LogP contribution is -2.30. The molecular weight excluding hydrogens is 512 g/mol. The second-order valence-corrected chi connectivity index (χ2v) is 11.2. The zero-order valence-electron chi connectivity index (χ0n) is 25.6. The molecule has 0 amide bonds. The van der Waals surface area contributed by atoms with Gasteiger partial charge in [0.1, 0.15) is 0 Å². The summed E-state index contributed by atoms with van der Waals surface area (Å²) in [6.45, 7) is 4.17. The lowest BCUT2D eigenvalue weighted by molar-refractivity contribution is -0.150. The molecule has 0 aliphatic rings. The summed E-state index contributed by atoms with van der Waals surface area (Å²) in [5, 5.41) is 34.5. The Morgan fingerprint density at radius 2 is 0.700 bits per heavy atom. The first-order valence-corrected chi connectivity index (χ1v) is 16.0. The smallest absolute Gasteiger partial charge is 0.309 e. The molecule has 0 aromatic heterocycles. The number of carboxylic acid groups (broad SMARTS) is 4. The molecule has 0 aliphatic heterocycles. The van der Waals surface area contributed by atoms with Crippen molar-refractivity contribution in [2.75, 3.05) is 0 Å². The summed E-state index contributed by atoms with van der Waals surface area (Å²) in [5.74, 6) is -3.00. The van der Waals surface area contributed by atoms with Gasteiger partial charge < -0.3 is 20.4 Å². The third-order valence-corrected chi connectivity index (χ3v) is 7.72. The van der Waals surface area contributed by atoms with Crippen molar-refractivity contribution in [1.29, 1.82) is 0 Å². The fourth-order valence-corrected chi connectivity index (χ4v) is 4.95. The lowest BCUT2D eigenvalue weighted by atomic mass is 9.76. The number of aliphatic carboxylic acids is 4. The molecular formula is C32H60O8. The van der Waals surface area contributed by atoms with E-state index in [1.54, 1.807) is 0 Å². The molecule has 236 valence electrons. The predicted octanol–water partition coefficient (Wildman–Crippen LogP) is 9.09. The average molecular weight is 573 g/mol. The summed E-state index contributed by atoms with van der Waals surface area (Å²) >= 11 is 0. The van der Waals surface area contributed by atoms with Gasteiger partial charge in [-0.3, -0.25) is 19.2 Å². The number of carbonyl (C=O) groups is 4. The number of unbranched alkanes of at least 4 members (excludes halogenated alkanes) is 16. The zero-order valence-corrected chi connectivity index (χ0v) is 25.6. The second-order valence-electron chi connectivity index (χ2n) is 11.2. The molecule has 0 aliphatic carbocycles. The van der Waals surface area contributed by atoms with Crippen molar-refractivity contribution >= 4 is 23.9 Å². The maximum Gasteiger partial charge on any atom is 0.309 e. The first-order chi connectivity index (χ1) is 19.1. The monoisotopic (exact) mass is 572 g/mol. The lowest BCUT2D eigenvalue weighted by Gasteiger charge is -2.28. The van der Waals surface area contributed by atoms with Gasteiger partial charge in [0.05, 0.1) is 5.41 Å². The second kappa shape index (κ2) is 28.4. The van der Waals surface area contributed by atoms with Gasteiger partial charge in [-0.1, -0.05) is 117 Å². The Labute approximate surface area is 243 Å². The normalized spacial score (nSPS) is 12.2. The Hall–Kier alpha value is -2.12. The van der Waals surface area contributed by atoms with Crippen LogP contribution in [0.1, 0.15) is 174 Å². The summed E-state index contributed by atoms with van der Waals surface area (Å²) < 4.78 is 0. The van der Waals surface area contributed by atoms with E-state index in [1.807, 2.05) is 6.92 Å². The van der Waals surface area contributed by atoms with Crippen LogP contribution in [0.15, 0.2) is 0 Å². The zero-order chi connectivity index (χ0) is 30.5. The molecule has 4 N–H and O–H groups in total. The number of hydrogen-bond acceptors (Lipinski definition) is 4. The van der Waals surface area contributed by atoms with Crippen molar-refractivity contribution in [2.45, 2.75) is 174 Å². The molecule has 0 aromatic rings. The Morgan fingerprint density at radius 1 is 0.425 bits per heavy atom. The standard InChI is InChI=1S/C26H50O4.C6H10O4/c1-3-5-22-26(4-2,25(29)30)23-20-18-16-14-12-10-8-6-7-9-11-13-15-17-19-21-24(27)28;7-5(8)3-1-2-4-6(9)10/h3-23H2,1-2H3,(H,27,28)(H,29,30);1-4H2,(H,7,8)(H,9,10). The molecule has 0 saturated carbocycles. The minimum atomic E-state index is -0.870. The highest BCUT2D eigenvalue weighted by molar-refractivity contribution is 5.74. The molecule has 40 heavy (non-hydrogen) atoms. The summed E-state index contributed by atoms with van der Waals surface area (Å²) in [6.07, 6.45) is 24.2. The van der Waals surface area contributed by atoms with E-state index in [9.17, 15) is 24.3 Å². The molecule has 0 rings (SSSR count). The predicted molar refractivity (Wildman–Crippen MR) is 160 cm³/mol. The molecule has 0 aromatic carbocycles. The fourth-order valence-electron chi connectivity index (χ4n) is 4.95. The van der Waals surface area contributed by atoms with Crippen LogP contribution < -0.4 is 0 Å². The Kier molecular flexibility index (Phi) is 28.4. The molecule has 0 heterocycles. The molecule has 0 radical (unpaired) electrons. The maximum absolute atomic E-state index is 11.8. The average Bonchev–Trinajstić information content (AvgIpc) is 2.90. The molecule has 0 saturated heterocycles. The van der Waals surface area contributed by atoms with Gasteiger partial charge in [0, 0.05) is 19.3 Å². The fraction of sp³-hybridized carbons (Fsp3) is 0.875. The van der Waals surface area contributed by atoms with Gasteiger partial charge in [-0.25, -0.2) is 0 Å². The van der Waals surface area contributed by atoms with Crippen LogP contribution in [-0.4, -0.2) is 44.3 Å². The quantitative estimate of drug-likeness (QED) is 0.0678. The van der Waals surface area contributed by atoms with E-state index >= 15 is 0 Å². The van der Waals surface area contributed by atoms with Crippen LogP contribution in [0, 0.1) is 5.41 Å². The van der Waals surface area contributed by atoms with E-state index in [-0.39, 0.29) is 12.8 Å². The first kappa shape index (κ1) is 40.0. The Balaban J connectivity index is 0. The maximum atomic E-state index is 11.8. The van der Waals surface area contributed by atoms with Crippen molar-refractivity contribution in [3.05, 3.63) is 0 Å². The van der Waals surface area contributed by atoms with E-state index < -0.39 is 29.3 Å². The number of hydrogen-bond donors (Lipinski definition) is 4. The van der Waals surface area contributed by atoms with Gasteiger partial charge in [0.2, 0.25) is 0 Å². The molecule has 0 fully saturated rings. The molecule has 1 unspecified atom stereocenters. The summed E-state index contributed by atoms with van der Waals surface area (Å²) in [5.41, 5.74) is -0.478. The van der Waals surface area contributed by atoms with Crippen LogP contribution >= 0.6 is 0 Å². The van der Waals surface area contributed by atoms with E-state index in [4.69, 9.17) is 15.3 Å². The van der Waals surface area contributed by atoms with Crippen LogP contribution in [0.25, 0.3) is 0 Å². The van der Waals surface area contributed by atoms with E-state index in [1.165, 1.54) is 77.0 Å². The van der Waals surface area contributed by atoms with Gasteiger partial charge in [0.25, 0.3) is 0 Å². The third kappa shape index (κ3) is 27.4.